The molecule has 3 unspecified atom stereocenters. The number of amides is 1. The van der Waals surface area contributed by atoms with Crippen LogP contribution in [-0.4, -0.2) is 60.6 Å². The van der Waals surface area contributed by atoms with E-state index in [1.807, 2.05) is 13.8 Å². The third-order valence-corrected chi connectivity index (χ3v) is 5.48. The van der Waals surface area contributed by atoms with Gasteiger partial charge in [-0.3, -0.25) is 15.0 Å². The van der Waals surface area contributed by atoms with Crippen molar-refractivity contribution in [3.05, 3.63) is 11.6 Å². The minimum Gasteiger partial charge on any atom is -0.424 e. The van der Waals surface area contributed by atoms with Crippen molar-refractivity contribution in [2.24, 2.45) is 28.3 Å². The number of nitrogens with two attached hydrogens (primary N) is 2. The van der Waals surface area contributed by atoms with Gasteiger partial charge >= 0.3 is 11.9 Å². The molecule has 1 aliphatic rings. The first-order valence-electron chi connectivity index (χ1n) is 11.6. The van der Waals surface area contributed by atoms with Crippen LogP contribution >= 0.6 is 0 Å². The molecule has 1 aliphatic carbocycles. The number of carbonyl (C=O) groups is 3. The van der Waals surface area contributed by atoms with E-state index in [-0.39, 0.29) is 29.9 Å². The largest absolute Gasteiger partial charge is 0.424 e. The molecule has 0 saturated carbocycles. The highest BCUT2D eigenvalue weighted by atomic mass is 16.7. The molecule has 192 valence electrons. The van der Waals surface area contributed by atoms with Gasteiger partial charge in [-0.2, -0.15) is 0 Å². The average molecular weight is 482 g/mol. The zero-order valence-corrected chi connectivity index (χ0v) is 20.9. The third-order valence-electron chi connectivity index (χ3n) is 5.48. The number of ether oxygens (including phenoxy) is 3. The van der Waals surface area contributed by atoms with Crippen molar-refractivity contribution in [1.29, 1.82) is 5.41 Å². The second kappa shape index (κ2) is 13.8. The van der Waals surface area contributed by atoms with Crippen LogP contribution in [0.15, 0.2) is 16.6 Å². The van der Waals surface area contributed by atoms with E-state index < -0.39 is 48.3 Å². The number of nitrogens with one attached hydrogen (secondary N) is 2. The molecule has 34 heavy (non-hydrogen) atoms. The summed E-state index contributed by atoms with van der Waals surface area (Å²) in [6.07, 6.45) is 2.77. The zero-order valence-electron chi connectivity index (χ0n) is 20.9. The molecule has 0 spiro atoms. The summed E-state index contributed by atoms with van der Waals surface area (Å²) in [7, 11) is 0. The summed E-state index contributed by atoms with van der Waals surface area (Å²) in [4.78, 5) is 40.7. The minimum absolute atomic E-state index is 0.101. The van der Waals surface area contributed by atoms with Crippen LogP contribution in [0, 0.1) is 17.2 Å². The highest BCUT2D eigenvalue weighted by molar-refractivity contribution is 5.91. The van der Waals surface area contributed by atoms with Crippen LogP contribution in [-0.2, 0) is 28.6 Å². The summed E-state index contributed by atoms with van der Waals surface area (Å²) in [5.74, 6) is -2.66. The number of esters is 2. The van der Waals surface area contributed by atoms with Gasteiger partial charge in [0.25, 0.3) is 0 Å². The summed E-state index contributed by atoms with van der Waals surface area (Å²) < 4.78 is 16.7. The van der Waals surface area contributed by atoms with E-state index in [2.05, 4.69) is 10.3 Å². The van der Waals surface area contributed by atoms with Crippen molar-refractivity contribution in [1.82, 2.24) is 5.32 Å². The van der Waals surface area contributed by atoms with Gasteiger partial charge in [-0.15, -0.1) is 0 Å². The topological polar surface area (TPSA) is 179 Å². The quantitative estimate of drug-likeness (QED) is 0.148. The fourth-order valence-electron chi connectivity index (χ4n) is 3.48. The van der Waals surface area contributed by atoms with Crippen LogP contribution in [0.5, 0.6) is 0 Å². The lowest BCUT2D eigenvalue weighted by Gasteiger charge is -2.37. The van der Waals surface area contributed by atoms with Gasteiger partial charge in [0.15, 0.2) is 0 Å². The minimum atomic E-state index is -1.15. The summed E-state index contributed by atoms with van der Waals surface area (Å²) in [6, 6.07) is -1.37. The molecule has 11 heteroatoms. The molecule has 1 amide bonds. The van der Waals surface area contributed by atoms with Gasteiger partial charge in [0.2, 0.25) is 18.2 Å². The van der Waals surface area contributed by atoms with Crippen molar-refractivity contribution in [3.8, 4) is 0 Å². The van der Waals surface area contributed by atoms with Crippen LogP contribution in [0.25, 0.3) is 0 Å². The van der Waals surface area contributed by atoms with E-state index in [0.29, 0.717) is 0 Å². The number of guanidine groups is 1. The van der Waals surface area contributed by atoms with Crippen LogP contribution < -0.4 is 16.8 Å². The van der Waals surface area contributed by atoms with Crippen LogP contribution in [0.1, 0.15) is 60.8 Å². The average Bonchev–Trinajstić information content (AvgIpc) is 2.75. The van der Waals surface area contributed by atoms with Crippen LogP contribution in [0.2, 0.25) is 0 Å². The Bertz CT molecular complexity index is 793. The van der Waals surface area contributed by atoms with E-state index in [0.717, 1.165) is 12.8 Å². The van der Waals surface area contributed by atoms with Gasteiger partial charge < -0.3 is 31.0 Å². The first-order valence-corrected chi connectivity index (χ1v) is 11.6. The monoisotopic (exact) mass is 481 g/mol. The molecular weight excluding hydrogens is 442 g/mol. The van der Waals surface area contributed by atoms with E-state index in [9.17, 15) is 14.4 Å². The molecule has 0 bridgehead atoms. The predicted molar refractivity (Wildman–Crippen MR) is 128 cm³/mol. The zero-order chi connectivity index (χ0) is 26.0. The molecular formula is C23H39N5O6. The van der Waals surface area contributed by atoms with Gasteiger partial charge in [0, 0.05) is 31.6 Å². The van der Waals surface area contributed by atoms with Gasteiger partial charge in [-0.05, 0) is 31.3 Å². The standard InChI is InChI=1S/C23H39N5O6/c1-7-17(8-2)34-18-10-15(9-16(11-27-23(25)26)20(18)28-13(5)29)21(30)32-14(6)33-22(31)19(24)12(3)4/h10-12,14,16-20H,7-9,24H2,1-6H3,(H3,25,26)(H,28,29)/t14?,16?,18-,19?,20-/m1/s1. The maximum Gasteiger partial charge on any atom is 0.336 e. The molecule has 0 aromatic rings. The molecule has 0 aromatic carbocycles. The Morgan fingerprint density at radius 2 is 1.85 bits per heavy atom. The van der Waals surface area contributed by atoms with Gasteiger partial charge in [0.05, 0.1) is 18.2 Å². The lowest BCUT2D eigenvalue weighted by atomic mass is 9.83. The normalized spacial score (nSPS) is 22.3. The highest BCUT2D eigenvalue weighted by Gasteiger charge is 2.37. The molecule has 0 aliphatic heterocycles. The van der Waals surface area contributed by atoms with Gasteiger partial charge in [-0.25, -0.2) is 9.79 Å². The van der Waals surface area contributed by atoms with Crippen LogP contribution in [0.4, 0.5) is 0 Å². The summed E-state index contributed by atoms with van der Waals surface area (Å²) in [6.45, 7) is 10.3. The second-order valence-electron chi connectivity index (χ2n) is 8.67. The molecule has 0 radical (unpaired) electrons. The molecule has 11 nitrogen and oxygen atoms in total. The lowest BCUT2D eigenvalue weighted by molar-refractivity contribution is -0.183. The SMILES string of the molecule is CCC(CC)O[C@@H]1C=C(C(=O)OC(C)OC(=O)C(N)C(C)C)CC(C=NC(=N)N)[C@H]1NC(C)=O. The van der Waals surface area contributed by atoms with E-state index in [1.54, 1.807) is 19.9 Å². The van der Waals surface area contributed by atoms with Gasteiger partial charge in [-0.1, -0.05) is 27.7 Å². The number of hydrogen-bond acceptors (Lipinski definition) is 8. The van der Waals surface area contributed by atoms with Crippen molar-refractivity contribution < 1.29 is 28.6 Å². The Morgan fingerprint density at radius 3 is 2.35 bits per heavy atom. The maximum atomic E-state index is 12.9. The summed E-state index contributed by atoms with van der Waals surface area (Å²) >= 11 is 0. The smallest absolute Gasteiger partial charge is 0.336 e. The molecule has 1 rings (SSSR count). The summed E-state index contributed by atoms with van der Waals surface area (Å²) in [5, 5.41) is 10.3. The Kier molecular flexibility index (Phi) is 11.9. The highest BCUT2D eigenvalue weighted by Crippen LogP contribution is 2.29. The number of carbonyl (C=O) groups excluding carboxylic acids is 3. The number of hydrogen-bond donors (Lipinski definition) is 4. The van der Waals surface area contributed by atoms with E-state index in [4.69, 9.17) is 31.1 Å². The molecule has 5 atom stereocenters. The Morgan fingerprint density at radius 1 is 1.24 bits per heavy atom. The number of nitrogens with zero attached hydrogens (tertiary/aromatic N) is 1. The summed E-state index contributed by atoms with van der Waals surface area (Å²) in [5.41, 5.74) is 11.4. The first kappa shape index (κ1) is 29.2. The maximum absolute atomic E-state index is 12.9. The lowest BCUT2D eigenvalue weighted by Crippen LogP contribution is -2.52. The Labute approximate surface area is 201 Å². The second-order valence-corrected chi connectivity index (χ2v) is 8.67. The third kappa shape index (κ3) is 9.22. The van der Waals surface area contributed by atoms with E-state index in [1.165, 1.54) is 20.1 Å². The molecule has 6 N–H and O–H groups in total. The molecule has 0 heterocycles. The van der Waals surface area contributed by atoms with Crippen molar-refractivity contribution in [2.45, 2.75) is 91.4 Å². The van der Waals surface area contributed by atoms with Crippen molar-refractivity contribution >= 4 is 30.0 Å². The first-order chi connectivity index (χ1) is 15.9. The van der Waals surface area contributed by atoms with Gasteiger partial charge in [0.1, 0.15) is 6.04 Å². The van der Waals surface area contributed by atoms with E-state index >= 15 is 0 Å². The molecule has 0 aromatic heterocycles. The molecule has 0 saturated heterocycles. The Hall–Kier alpha value is -2.79. The molecule has 0 fully saturated rings. The van der Waals surface area contributed by atoms with Crippen molar-refractivity contribution in [2.75, 3.05) is 0 Å². The fraction of sp³-hybridized carbons (Fsp3) is 0.696. The predicted octanol–water partition coefficient (Wildman–Crippen LogP) is 1.39. The fourth-order valence-corrected chi connectivity index (χ4v) is 3.48. The Balaban J connectivity index is 3.17. The van der Waals surface area contributed by atoms with Crippen molar-refractivity contribution in [3.63, 3.8) is 0 Å². The number of rotatable bonds is 11. The van der Waals surface area contributed by atoms with Crippen LogP contribution in [0.3, 0.4) is 0 Å². The number of aliphatic imine (C=N–C) groups is 1.